The molecule has 0 aliphatic heterocycles. The molecule has 0 aliphatic carbocycles. The summed E-state index contributed by atoms with van der Waals surface area (Å²) < 4.78 is 0. The first kappa shape index (κ1) is 71.5. The Hall–Kier alpha value is -0.530. The average molecular weight is 1010 g/mol. The van der Waals surface area contributed by atoms with Gasteiger partial charge in [0, 0.05) is 6.42 Å². The monoisotopic (exact) mass is 1010 g/mol. The van der Waals surface area contributed by atoms with Crippen molar-refractivity contribution in [1.82, 2.24) is 0 Å². The van der Waals surface area contributed by atoms with E-state index in [9.17, 15) is 4.79 Å². The summed E-state index contributed by atoms with van der Waals surface area (Å²) in [4.78, 5) is 10.5. The normalized spacial score (nSPS) is 11.7. The Morgan fingerprint density at radius 1 is 0.167 bits per heavy atom. The minimum atomic E-state index is -0.645. The number of rotatable bonds is 68. The molecule has 0 aliphatic rings. The van der Waals surface area contributed by atoms with Crippen LogP contribution in [0.2, 0.25) is 0 Å². The summed E-state index contributed by atoms with van der Waals surface area (Å²) in [5.74, 6) is -0.645. The molecule has 432 valence electrons. The van der Waals surface area contributed by atoms with Crippen molar-refractivity contribution in [3.8, 4) is 0 Å². The predicted octanol–water partition coefficient (Wildman–Crippen LogP) is 26.6. The Bertz CT molecular complexity index is 928. The zero-order chi connectivity index (χ0) is 51.7. The molecule has 0 amide bonds. The first-order valence-corrected chi connectivity index (χ1v) is 35.0. The maximum Gasteiger partial charge on any atom is 0.303 e. The van der Waals surface area contributed by atoms with Crippen LogP contribution in [0.1, 0.15) is 444 Å². The lowest BCUT2D eigenvalue weighted by Gasteiger charge is -2.05. The van der Waals surface area contributed by atoms with Gasteiger partial charge in [-0.2, -0.15) is 0 Å². The van der Waals surface area contributed by atoms with Gasteiger partial charge in [0.15, 0.2) is 0 Å². The van der Waals surface area contributed by atoms with E-state index in [1.165, 1.54) is 417 Å². The first-order chi connectivity index (χ1) is 35.8. The van der Waals surface area contributed by atoms with Gasteiger partial charge in [0.2, 0.25) is 0 Å². The fraction of sp³-hybridized carbons (Fsp3) is 0.986. The third-order valence-electron chi connectivity index (χ3n) is 17.0. The summed E-state index contributed by atoms with van der Waals surface area (Å²) in [5, 5.41) is 8.69. The maximum atomic E-state index is 10.5. The smallest absolute Gasteiger partial charge is 0.303 e. The number of carboxylic acids is 1. The van der Waals surface area contributed by atoms with E-state index in [0.717, 1.165) is 12.8 Å². The molecule has 0 aromatic carbocycles. The Morgan fingerprint density at radius 3 is 0.333 bits per heavy atom. The highest BCUT2D eigenvalue weighted by molar-refractivity contribution is 5.66. The molecule has 0 bridgehead atoms. The number of hydrogen-bond acceptors (Lipinski definition) is 1. The molecule has 0 saturated carbocycles. The van der Waals surface area contributed by atoms with Crippen LogP contribution in [0.15, 0.2) is 0 Å². The quantitative estimate of drug-likeness (QED) is 0.0617. The molecule has 0 rings (SSSR count). The van der Waals surface area contributed by atoms with Crippen LogP contribution in [-0.4, -0.2) is 11.1 Å². The van der Waals surface area contributed by atoms with Crippen molar-refractivity contribution in [1.29, 1.82) is 0 Å². The van der Waals surface area contributed by atoms with Crippen LogP contribution in [0.4, 0.5) is 0 Å². The van der Waals surface area contributed by atoms with Crippen molar-refractivity contribution in [2.75, 3.05) is 0 Å². The van der Waals surface area contributed by atoms with Crippen LogP contribution in [-0.2, 0) is 4.79 Å². The number of hydrogen-bond donors (Lipinski definition) is 1. The molecule has 0 aromatic rings. The van der Waals surface area contributed by atoms with Crippen molar-refractivity contribution in [3.05, 3.63) is 0 Å². The summed E-state index contributed by atoms with van der Waals surface area (Å²) in [7, 11) is 0. The number of aliphatic carboxylic acids is 1. The van der Waals surface area contributed by atoms with Crippen LogP contribution in [0.3, 0.4) is 0 Å². The third kappa shape index (κ3) is 69.5. The molecule has 1 N–H and O–H groups in total. The fourth-order valence-corrected chi connectivity index (χ4v) is 11.8. The molecule has 0 aromatic heterocycles. The van der Waals surface area contributed by atoms with Crippen LogP contribution in [0.25, 0.3) is 0 Å². The van der Waals surface area contributed by atoms with Crippen molar-refractivity contribution in [2.45, 2.75) is 444 Å². The highest BCUT2D eigenvalue weighted by Crippen LogP contribution is 2.20. The highest BCUT2D eigenvalue weighted by atomic mass is 16.4. The summed E-state index contributed by atoms with van der Waals surface area (Å²) in [6, 6.07) is 0. The molecule has 0 saturated heterocycles. The van der Waals surface area contributed by atoms with Crippen LogP contribution in [0.5, 0.6) is 0 Å². The van der Waals surface area contributed by atoms with Gasteiger partial charge in [-0.3, -0.25) is 4.79 Å². The lowest BCUT2D eigenvalue weighted by Crippen LogP contribution is -1.93. The molecule has 0 unspecified atom stereocenters. The van der Waals surface area contributed by atoms with E-state index in [1.807, 2.05) is 0 Å². The van der Waals surface area contributed by atoms with Crippen molar-refractivity contribution >= 4 is 5.97 Å². The summed E-state index contributed by atoms with van der Waals surface area (Å²) in [6.45, 7) is 2.31. The van der Waals surface area contributed by atoms with Crippen molar-refractivity contribution < 1.29 is 9.90 Å². The van der Waals surface area contributed by atoms with E-state index >= 15 is 0 Å². The molecule has 2 nitrogen and oxygen atoms in total. The lowest BCUT2D eigenvalue weighted by atomic mass is 10.0. The second-order valence-corrected chi connectivity index (χ2v) is 24.5. The number of carbonyl (C=O) groups is 1. The van der Waals surface area contributed by atoms with E-state index in [0.29, 0.717) is 6.42 Å². The van der Waals surface area contributed by atoms with Gasteiger partial charge in [0.25, 0.3) is 0 Å². The number of carboxylic acid groups (broad SMARTS) is 1. The van der Waals surface area contributed by atoms with E-state index in [-0.39, 0.29) is 0 Å². The fourth-order valence-electron chi connectivity index (χ4n) is 11.8. The summed E-state index contributed by atoms with van der Waals surface area (Å²) in [6.07, 6.45) is 97.8. The van der Waals surface area contributed by atoms with Gasteiger partial charge in [-0.15, -0.1) is 0 Å². The summed E-state index contributed by atoms with van der Waals surface area (Å²) >= 11 is 0. The molecule has 2 heteroatoms. The van der Waals surface area contributed by atoms with Gasteiger partial charge >= 0.3 is 5.97 Å². The Morgan fingerprint density at radius 2 is 0.250 bits per heavy atom. The van der Waals surface area contributed by atoms with Gasteiger partial charge in [-0.05, 0) is 6.42 Å². The Labute approximate surface area is 457 Å². The molecule has 0 radical (unpaired) electrons. The van der Waals surface area contributed by atoms with Gasteiger partial charge in [-0.1, -0.05) is 431 Å². The molecule has 0 atom stereocenters. The second kappa shape index (κ2) is 68.5. The average Bonchev–Trinajstić information content (AvgIpc) is 3.38. The van der Waals surface area contributed by atoms with Gasteiger partial charge < -0.3 is 5.11 Å². The van der Waals surface area contributed by atoms with Crippen LogP contribution < -0.4 is 0 Å². The Balaban J connectivity index is 3.07. The minimum absolute atomic E-state index is 0.347. The minimum Gasteiger partial charge on any atom is -0.481 e. The zero-order valence-corrected chi connectivity index (χ0v) is 50.4. The standard InChI is InChI=1S/C70H140O2/c1-2-3-4-5-6-7-8-9-10-11-12-13-14-15-16-17-18-19-20-21-22-23-24-25-26-27-28-29-30-31-32-33-34-35-36-37-38-39-40-41-42-43-44-45-46-47-48-49-50-51-52-53-54-55-56-57-58-59-60-61-62-63-64-65-66-67-68-69-70(71)72/h2-69H2,1H3,(H,71,72). The van der Waals surface area contributed by atoms with E-state index in [2.05, 4.69) is 6.92 Å². The molecule has 0 fully saturated rings. The maximum absolute atomic E-state index is 10.5. The van der Waals surface area contributed by atoms with Crippen LogP contribution in [0, 0.1) is 0 Å². The molecular weight excluding hydrogens is 873 g/mol. The van der Waals surface area contributed by atoms with E-state index < -0.39 is 5.97 Å². The second-order valence-electron chi connectivity index (χ2n) is 24.5. The van der Waals surface area contributed by atoms with Crippen molar-refractivity contribution in [2.24, 2.45) is 0 Å². The predicted molar refractivity (Wildman–Crippen MR) is 327 cm³/mol. The van der Waals surface area contributed by atoms with Crippen molar-refractivity contribution in [3.63, 3.8) is 0 Å². The van der Waals surface area contributed by atoms with Gasteiger partial charge in [-0.25, -0.2) is 0 Å². The van der Waals surface area contributed by atoms with E-state index in [1.54, 1.807) is 0 Å². The highest BCUT2D eigenvalue weighted by Gasteiger charge is 2.01. The van der Waals surface area contributed by atoms with Gasteiger partial charge in [0.05, 0.1) is 0 Å². The third-order valence-corrected chi connectivity index (χ3v) is 17.0. The molecular formula is C70H140O2. The molecule has 72 heavy (non-hydrogen) atoms. The number of unbranched alkanes of at least 4 members (excludes halogenated alkanes) is 66. The SMILES string of the molecule is CCCCCCCCCCCCCCCCCCCCCCCCCCCCCCCCCCCCCCCCCCCCCCCCCCCCCCCCCCCCCCCCCCCCCC(=O)O. The van der Waals surface area contributed by atoms with Crippen LogP contribution >= 0.6 is 0 Å². The molecule has 0 heterocycles. The zero-order valence-electron chi connectivity index (χ0n) is 50.4. The van der Waals surface area contributed by atoms with Gasteiger partial charge in [0.1, 0.15) is 0 Å². The van der Waals surface area contributed by atoms with E-state index in [4.69, 9.17) is 5.11 Å². The Kier molecular flexibility index (Phi) is 68.0. The largest absolute Gasteiger partial charge is 0.481 e. The molecule has 0 spiro atoms. The first-order valence-electron chi connectivity index (χ1n) is 35.0. The topological polar surface area (TPSA) is 37.3 Å². The lowest BCUT2D eigenvalue weighted by molar-refractivity contribution is -0.137. The summed E-state index contributed by atoms with van der Waals surface area (Å²) in [5.41, 5.74) is 0.